The Morgan fingerprint density at radius 1 is 1.19 bits per heavy atom. The maximum Gasteiger partial charge on any atom is 0.466 e. The van der Waals surface area contributed by atoms with E-state index < -0.39 is 58.2 Å². The number of amides is 1. The van der Waals surface area contributed by atoms with E-state index in [1.165, 1.54) is 0 Å². The molecular formula is C12H14F6NO7S-. The first-order valence-corrected chi connectivity index (χ1v) is 8.32. The van der Waals surface area contributed by atoms with E-state index in [1.54, 1.807) is 12.2 Å². The third-order valence-electron chi connectivity index (χ3n) is 2.76. The Kier molecular flexibility index (Phi) is 8.26. The first-order valence-electron chi connectivity index (χ1n) is 6.92. The van der Waals surface area contributed by atoms with E-state index in [0.29, 0.717) is 6.42 Å². The Morgan fingerprint density at radius 2 is 1.70 bits per heavy atom. The van der Waals surface area contributed by atoms with Crippen molar-refractivity contribution in [3.8, 4) is 0 Å². The summed E-state index contributed by atoms with van der Waals surface area (Å²) in [5, 5.41) is -3.86. The minimum Gasteiger partial charge on any atom is -0.743 e. The van der Waals surface area contributed by atoms with Crippen LogP contribution in [-0.2, 0) is 29.2 Å². The molecule has 0 aliphatic carbocycles. The van der Waals surface area contributed by atoms with Crippen LogP contribution < -0.4 is 5.32 Å². The molecule has 0 saturated heterocycles. The Balaban J connectivity index is 6.03. The van der Waals surface area contributed by atoms with Crippen LogP contribution in [-0.4, -0.2) is 55.2 Å². The lowest BCUT2D eigenvalue weighted by Gasteiger charge is -2.34. The third kappa shape index (κ3) is 6.35. The lowest BCUT2D eigenvalue weighted by molar-refractivity contribution is -0.353. The molecule has 0 heterocycles. The van der Waals surface area contributed by atoms with E-state index >= 15 is 0 Å². The number of alkyl halides is 5. The van der Waals surface area contributed by atoms with Crippen molar-refractivity contribution in [3.05, 3.63) is 12.4 Å². The van der Waals surface area contributed by atoms with Crippen molar-refractivity contribution in [1.82, 2.24) is 5.32 Å². The van der Waals surface area contributed by atoms with Gasteiger partial charge in [-0.25, -0.2) is 13.2 Å². The average Bonchev–Trinajstić information content (AvgIpc) is 2.48. The molecule has 1 atom stereocenters. The van der Waals surface area contributed by atoms with E-state index in [0.717, 1.165) is 0 Å². The molecule has 1 unspecified atom stereocenters. The van der Waals surface area contributed by atoms with Gasteiger partial charge in [-0.2, -0.15) is 26.3 Å². The molecule has 0 aromatic rings. The topological polar surface area (TPSA) is 122 Å². The van der Waals surface area contributed by atoms with Gasteiger partial charge >= 0.3 is 29.1 Å². The maximum atomic E-state index is 13.3. The van der Waals surface area contributed by atoms with Crippen molar-refractivity contribution in [2.75, 3.05) is 13.2 Å². The second-order valence-electron chi connectivity index (χ2n) is 4.90. The van der Waals surface area contributed by atoms with Gasteiger partial charge in [0.2, 0.25) is 5.83 Å². The fourth-order valence-electron chi connectivity index (χ4n) is 1.35. The van der Waals surface area contributed by atoms with Crippen LogP contribution in [0.1, 0.15) is 19.8 Å². The van der Waals surface area contributed by atoms with Crippen LogP contribution in [0.2, 0.25) is 0 Å². The molecule has 158 valence electrons. The number of esters is 1. The zero-order valence-corrected chi connectivity index (χ0v) is 14.4. The molecule has 0 saturated carbocycles. The quantitative estimate of drug-likeness (QED) is 0.139. The second kappa shape index (κ2) is 8.88. The molecule has 0 aromatic carbocycles. The number of nitrogens with one attached hydrogen (secondary N) is 1. The predicted molar refractivity (Wildman–Crippen MR) is 73.6 cm³/mol. The third-order valence-corrected chi connectivity index (χ3v) is 3.60. The number of rotatable bonds is 10. The van der Waals surface area contributed by atoms with Crippen LogP contribution in [0.15, 0.2) is 12.4 Å². The number of unbranched alkanes of at least 4 members (excludes halogenated alkanes) is 1. The van der Waals surface area contributed by atoms with Gasteiger partial charge in [0, 0.05) is 6.54 Å². The predicted octanol–water partition coefficient (Wildman–Crippen LogP) is 1.34. The van der Waals surface area contributed by atoms with Gasteiger partial charge in [-0.05, 0) is 6.42 Å². The average molecular weight is 430 g/mol. The summed E-state index contributed by atoms with van der Waals surface area (Å²) in [6.45, 7) is 0.619. The van der Waals surface area contributed by atoms with Gasteiger partial charge in [-0.1, -0.05) is 19.9 Å². The second-order valence-corrected chi connectivity index (χ2v) is 6.40. The van der Waals surface area contributed by atoms with Crippen LogP contribution in [0, 0.1) is 0 Å². The molecule has 0 aliphatic rings. The first-order chi connectivity index (χ1) is 12.0. The highest BCUT2D eigenvalue weighted by atomic mass is 32.2. The van der Waals surface area contributed by atoms with Gasteiger partial charge in [0.25, 0.3) is 0 Å². The Bertz CT molecular complexity index is 678. The Morgan fingerprint density at radius 3 is 2.07 bits per heavy atom. The summed E-state index contributed by atoms with van der Waals surface area (Å²) >= 11 is 0. The lowest BCUT2D eigenvalue weighted by atomic mass is 10.2. The van der Waals surface area contributed by atoms with Crippen molar-refractivity contribution < 1.29 is 58.4 Å². The molecule has 0 fully saturated rings. The summed E-state index contributed by atoms with van der Waals surface area (Å²) in [4.78, 5) is 23.0. The van der Waals surface area contributed by atoms with Gasteiger partial charge in [-0.15, -0.1) is 0 Å². The lowest BCUT2D eigenvalue weighted by Crippen LogP contribution is -2.62. The largest absolute Gasteiger partial charge is 0.743 e. The minimum atomic E-state index is -6.50. The first kappa shape index (κ1) is 25.1. The number of carbonyl (C=O) groups excluding carboxylic acids is 2. The van der Waals surface area contributed by atoms with E-state index in [4.69, 9.17) is 0 Å². The van der Waals surface area contributed by atoms with Crippen molar-refractivity contribution >= 4 is 22.0 Å². The molecule has 27 heavy (non-hydrogen) atoms. The van der Waals surface area contributed by atoms with Crippen LogP contribution in [0.3, 0.4) is 0 Å². The molecule has 0 rings (SSSR count). The SMILES string of the molecule is C=C(F)C(=O)OC(OCC(F)(F)S(=O)(=O)[O-])(C(=O)NCCCC)C(F)(F)F. The summed E-state index contributed by atoms with van der Waals surface area (Å²) < 4.78 is 117. The summed E-state index contributed by atoms with van der Waals surface area (Å²) in [6, 6.07) is 0. The van der Waals surface area contributed by atoms with E-state index in [1.807, 2.05) is 0 Å². The van der Waals surface area contributed by atoms with Gasteiger partial charge in [0.1, 0.15) is 6.61 Å². The van der Waals surface area contributed by atoms with E-state index in [2.05, 4.69) is 16.1 Å². The number of halogens is 6. The van der Waals surface area contributed by atoms with Gasteiger partial charge < -0.3 is 19.3 Å². The number of hydrogen-bond acceptors (Lipinski definition) is 7. The fraction of sp³-hybridized carbons (Fsp3) is 0.667. The number of carbonyl (C=O) groups is 2. The van der Waals surface area contributed by atoms with Crippen molar-refractivity contribution in [3.63, 3.8) is 0 Å². The molecule has 8 nitrogen and oxygen atoms in total. The number of hydrogen-bond donors (Lipinski definition) is 1. The molecule has 0 aromatic heterocycles. The fourth-order valence-corrected chi connectivity index (χ4v) is 1.55. The van der Waals surface area contributed by atoms with Crippen molar-refractivity contribution in [2.24, 2.45) is 0 Å². The summed E-state index contributed by atoms with van der Waals surface area (Å²) in [5.41, 5.74) is 0. The van der Waals surface area contributed by atoms with Gasteiger partial charge in [0.15, 0.2) is 10.1 Å². The summed E-state index contributed by atoms with van der Waals surface area (Å²) in [5.74, 6) is -11.8. The Hall–Kier alpha value is -1.87. The molecule has 15 heteroatoms. The minimum absolute atomic E-state index is 0.106. The smallest absolute Gasteiger partial charge is 0.466 e. The zero-order chi connectivity index (χ0) is 21.7. The molecule has 0 spiro atoms. The molecule has 1 N–H and O–H groups in total. The highest BCUT2D eigenvalue weighted by Gasteiger charge is 2.67. The normalized spacial score (nSPS) is 15.0. The number of ether oxygens (including phenoxy) is 2. The molecule has 0 aliphatic heterocycles. The standard InChI is InChI=1S/C12H15F6NO7S/c1-3-4-5-19-9(21)11(12(16,17)18,26-8(20)7(2)13)25-6-10(14,15)27(22,23)24/h2-6H2,1H3,(H,19,21)(H,22,23,24)/p-1. The molecule has 0 bridgehead atoms. The van der Waals surface area contributed by atoms with Crippen LogP contribution in [0.5, 0.6) is 0 Å². The van der Waals surface area contributed by atoms with Gasteiger partial charge in [0.05, 0.1) is 0 Å². The summed E-state index contributed by atoms with van der Waals surface area (Å²) in [6.07, 6.45) is -5.60. The highest BCUT2D eigenvalue weighted by molar-refractivity contribution is 7.86. The van der Waals surface area contributed by atoms with Crippen molar-refractivity contribution in [1.29, 1.82) is 0 Å². The Labute approximate surface area is 149 Å². The van der Waals surface area contributed by atoms with Crippen LogP contribution in [0.4, 0.5) is 26.3 Å². The molecular weight excluding hydrogens is 416 g/mol. The van der Waals surface area contributed by atoms with E-state index in [9.17, 15) is 48.9 Å². The zero-order valence-electron chi connectivity index (χ0n) is 13.6. The van der Waals surface area contributed by atoms with Crippen LogP contribution in [0.25, 0.3) is 0 Å². The summed E-state index contributed by atoms with van der Waals surface area (Å²) in [7, 11) is -6.50. The van der Waals surface area contributed by atoms with Crippen molar-refractivity contribution in [2.45, 2.75) is 37.0 Å². The van der Waals surface area contributed by atoms with Crippen LogP contribution >= 0.6 is 0 Å². The highest BCUT2D eigenvalue weighted by Crippen LogP contribution is 2.38. The molecule has 0 radical (unpaired) electrons. The maximum absolute atomic E-state index is 13.3. The molecule has 1 amide bonds. The van der Waals surface area contributed by atoms with Gasteiger partial charge in [-0.3, -0.25) is 4.79 Å². The monoisotopic (exact) mass is 430 g/mol. The van der Waals surface area contributed by atoms with E-state index in [-0.39, 0.29) is 6.42 Å².